The van der Waals surface area contributed by atoms with Gasteiger partial charge in [0.25, 0.3) is 0 Å². The van der Waals surface area contributed by atoms with Gasteiger partial charge in [-0.2, -0.15) is 0 Å². The molecule has 1 aromatic carbocycles. The maximum absolute atomic E-state index is 12.3. The SMILES string of the molecule is O=C(O)Cc1ccc(N2C(=O)C3CCC(C3)C2=O)cc1. The first-order valence-corrected chi connectivity index (χ1v) is 6.75. The van der Waals surface area contributed by atoms with Crippen molar-refractivity contribution in [2.45, 2.75) is 25.7 Å². The molecule has 5 heteroatoms. The van der Waals surface area contributed by atoms with E-state index in [-0.39, 0.29) is 30.1 Å². The Morgan fingerprint density at radius 2 is 1.65 bits per heavy atom. The highest BCUT2D eigenvalue weighted by Crippen LogP contribution is 2.39. The Kier molecular flexibility index (Phi) is 3.04. The molecular formula is C15H15NO4. The summed E-state index contributed by atoms with van der Waals surface area (Å²) in [6, 6.07) is 6.61. The fourth-order valence-corrected chi connectivity index (χ4v) is 3.10. The number of carbonyl (C=O) groups excluding carboxylic acids is 2. The van der Waals surface area contributed by atoms with Gasteiger partial charge in [0.2, 0.25) is 11.8 Å². The van der Waals surface area contributed by atoms with E-state index >= 15 is 0 Å². The average molecular weight is 273 g/mol. The van der Waals surface area contributed by atoms with Gasteiger partial charge in [-0.1, -0.05) is 12.1 Å². The maximum Gasteiger partial charge on any atom is 0.307 e. The van der Waals surface area contributed by atoms with Crippen molar-refractivity contribution in [1.82, 2.24) is 0 Å². The van der Waals surface area contributed by atoms with Gasteiger partial charge in [0, 0.05) is 11.8 Å². The van der Waals surface area contributed by atoms with Gasteiger partial charge >= 0.3 is 5.97 Å². The van der Waals surface area contributed by atoms with Crippen LogP contribution in [0.2, 0.25) is 0 Å². The lowest BCUT2D eigenvalue weighted by Crippen LogP contribution is -2.46. The Hall–Kier alpha value is -2.17. The third-order valence-electron chi connectivity index (χ3n) is 4.12. The zero-order valence-corrected chi connectivity index (χ0v) is 10.9. The highest BCUT2D eigenvalue weighted by atomic mass is 16.4. The average Bonchev–Trinajstić information content (AvgIpc) is 2.85. The molecule has 1 aliphatic carbocycles. The van der Waals surface area contributed by atoms with E-state index in [1.807, 2.05) is 0 Å². The summed E-state index contributed by atoms with van der Waals surface area (Å²) in [5, 5.41) is 8.73. The van der Waals surface area contributed by atoms with E-state index in [2.05, 4.69) is 0 Å². The summed E-state index contributed by atoms with van der Waals surface area (Å²) in [6.07, 6.45) is 2.21. The van der Waals surface area contributed by atoms with Crippen LogP contribution in [0.15, 0.2) is 24.3 Å². The molecular weight excluding hydrogens is 258 g/mol. The lowest BCUT2D eigenvalue weighted by Gasteiger charge is -2.29. The highest BCUT2D eigenvalue weighted by Gasteiger charge is 2.45. The lowest BCUT2D eigenvalue weighted by molar-refractivity contribution is -0.136. The second-order valence-electron chi connectivity index (χ2n) is 5.46. The van der Waals surface area contributed by atoms with Gasteiger partial charge in [-0.3, -0.25) is 19.3 Å². The Labute approximate surface area is 116 Å². The molecule has 2 bridgehead atoms. The minimum Gasteiger partial charge on any atom is -0.481 e. The van der Waals surface area contributed by atoms with Crippen molar-refractivity contribution in [3.05, 3.63) is 29.8 Å². The van der Waals surface area contributed by atoms with Crippen molar-refractivity contribution >= 4 is 23.5 Å². The van der Waals surface area contributed by atoms with E-state index in [0.29, 0.717) is 17.7 Å². The van der Waals surface area contributed by atoms with Crippen LogP contribution < -0.4 is 4.90 Å². The largest absolute Gasteiger partial charge is 0.481 e. The number of anilines is 1. The fraction of sp³-hybridized carbons (Fsp3) is 0.400. The first-order chi connectivity index (χ1) is 9.56. The van der Waals surface area contributed by atoms with Gasteiger partial charge in [0.05, 0.1) is 12.1 Å². The first-order valence-electron chi connectivity index (χ1n) is 6.75. The summed E-state index contributed by atoms with van der Waals surface area (Å²) >= 11 is 0. The number of carboxylic acids is 1. The van der Waals surface area contributed by atoms with Gasteiger partial charge in [0.15, 0.2) is 0 Å². The number of amides is 2. The minimum atomic E-state index is -0.902. The minimum absolute atomic E-state index is 0.0311. The Bertz CT molecular complexity index is 556. The standard InChI is InChI=1S/C15H15NO4/c17-13(18)7-9-1-5-12(6-2-9)16-14(19)10-3-4-11(8-10)15(16)20/h1-2,5-6,10-11H,3-4,7-8H2,(H,17,18). The third kappa shape index (κ3) is 2.09. The summed E-state index contributed by atoms with van der Waals surface area (Å²) in [5.74, 6) is -1.20. The van der Waals surface area contributed by atoms with E-state index in [1.165, 1.54) is 4.90 Å². The molecule has 0 aromatic heterocycles. The van der Waals surface area contributed by atoms with Crippen molar-refractivity contribution < 1.29 is 19.5 Å². The molecule has 2 fully saturated rings. The molecule has 2 amide bonds. The number of hydrogen-bond acceptors (Lipinski definition) is 3. The Morgan fingerprint density at radius 1 is 1.10 bits per heavy atom. The maximum atomic E-state index is 12.3. The van der Waals surface area contributed by atoms with Gasteiger partial charge < -0.3 is 5.11 Å². The van der Waals surface area contributed by atoms with Crippen molar-refractivity contribution in [1.29, 1.82) is 0 Å². The Balaban J connectivity index is 1.86. The summed E-state index contributed by atoms with van der Waals surface area (Å²) in [4.78, 5) is 36.4. The van der Waals surface area contributed by atoms with Crippen molar-refractivity contribution in [2.24, 2.45) is 11.8 Å². The second-order valence-corrected chi connectivity index (χ2v) is 5.46. The molecule has 2 atom stereocenters. The summed E-state index contributed by atoms with van der Waals surface area (Å²) < 4.78 is 0. The number of hydrogen-bond donors (Lipinski definition) is 1. The van der Waals surface area contributed by atoms with Gasteiger partial charge in [0.1, 0.15) is 0 Å². The molecule has 20 heavy (non-hydrogen) atoms. The number of piperidine rings is 1. The van der Waals surface area contributed by atoms with Crippen LogP contribution in [0.1, 0.15) is 24.8 Å². The van der Waals surface area contributed by atoms with Crippen LogP contribution in [0.3, 0.4) is 0 Å². The summed E-state index contributed by atoms with van der Waals surface area (Å²) in [6.45, 7) is 0. The smallest absolute Gasteiger partial charge is 0.307 e. The van der Waals surface area contributed by atoms with Gasteiger partial charge in [-0.15, -0.1) is 0 Å². The molecule has 3 rings (SSSR count). The number of carbonyl (C=O) groups is 3. The molecule has 1 saturated carbocycles. The van der Waals surface area contributed by atoms with E-state index in [4.69, 9.17) is 5.11 Å². The molecule has 2 aliphatic rings. The Morgan fingerprint density at radius 3 is 2.15 bits per heavy atom. The van der Waals surface area contributed by atoms with Crippen molar-refractivity contribution in [3.8, 4) is 0 Å². The van der Waals surface area contributed by atoms with Crippen LogP contribution in [0.5, 0.6) is 0 Å². The number of aliphatic carboxylic acids is 1. The van der Waals surface area contributed by atoms with E-state index in [9.17, 15) is 14.4 Å². The fourth-order valence-electron chi connectivity index (χ4n) is 3.10. The van der Waals surface area contributed by atoms with Gasteiger partial charge in [-0.05, 0) is 37.0 Å². The molecule has 1 saturated heterocycles. The molecule has 1 N–H and O–H groups in total. The van der Waals surface area contributed by atoms with Crippen LogP contribution in [0, 0.1) is 11.8 Å². The monoisotopic (exact) mass is 273 g/mol. The lowest BCUT2D eigenvalue weighted by atomic mass is 9.96. The van der Waals surface area contributed by atoms with Crippen LogP contribution >= 0.6 is 0 Å². The zero-order chi connectivity index (χ0) is 14.3. The molecule has 1 aromatic rings. The summed E-state index contributed by atoms with van der Waals surface area (Å²) in [7, 11) is 0. The molecule has 104 valence electrons. The van der Waals surface area contributed by atoms with E-state index in [1.54, 1.807) is 24.3 Å². The molecule has 2 unspecified atom stereocenters. The molecule has 1 aliphatic heterocycles. The highest BCUT2D eigenvalue weighted by molar-refractivity contribution is 6.18. The normalized spacial score (nSPS) is 25.1. The van der Waals surface area contributed by atoms with E-state index < -0.39 is 5.97 Å². The number of fused-ring (bicyclic) bond motifs is 2. The predicted molar refractivity (Wildman–Crippen MR) is 71.1 cm³/mol. The number of nitrogens with zero attached hydrogens (tertiary/aromatic N) is 1. The number of benzene rings is 1. The second kappa shape index (κ2) is 4.74. The van der Waals surface area contributed by atoms with Crippen LogP contribution in [0.4, 0.5) is 5.69 Å². The molecule has 0 spiro atoms. The number of imide groups is 1. The van der Waals surface area contributed by atoms with Crippen LogP contribution in [0.25, 0.3) is 0 Å². The number of carboxylic acid groups (broad SMARTS) is 1. The predicted octanol–water partition coefficient (Wildman–Crippen LogP) is 1.60. The molecule has 1 heterocycles. The van der Waals surface area contributed by atoms with Crippen LogP contribution in [-0.2, 0) is 20.8 Å². The first kappa shape index (κ1) is 12.8. The quantitative estimate of drug-likeness (QED) is 0.849. The zero-order valence-electron chi connectivity index (χ0n) is 10.9. The van der Waals surface area contributed by atoms with Crippen molar-refractivity contribution in [2.75, 3.05) is 4.90 Å². The van der Waals surface area contributed by atoms with Gasteiger partial charge in [-0.25, -0.2) is 0 Å². The number of rotatable bonds is 3. The van der Waals surface area contributed by atoms with E-state index in [0.717, 1.165) is 12.8 Å². The summed E-state index contributed by atoms with van der Waals surface area (Å²) in [5.41, 5.74) is 1.20. The molecule has 5 nitrogen and oxygen atoms in total. The topological polar surface area (TPSA) is 74.7 Å². The third-order valence-corrected chi connectivity index (χ3v) is 4.12. The van der Waals surface area contributed by atoms with Crippen molar-refractivity contribution in [3.63, 3.8) is 0 Å². The molecule has 0 radical (unpaired) electrons. The van der Waals surface area contributed by atoms with Crippen LogP contribution in [-0.4, -0.2) is 22.9 Å².